The van der Waals surface area contributed by atoms with Gasteiger partial charge in [0.2, 0.25) is 0 Å². The number of amides is 1. The predicted molar refractivity (Wildman–Crippen MR) is 60.9 cm³/mol. The molecule has 0 aromatic heterocycles. The third kappa shape index (κ3) is 1.30. The van der Waals surface area contributed by atoms with E-state index in [0.29, 0.717) is 5.56 Å². The van der Waals surface area contributed by atoms with E-state index in [1.807, 2.05) is 0 Å². The number of carbonyl (C=O) groups is 2. The molecule has 3 aliphatic rings. The van der Waals surface area contributed by atoms with Gasteiger partial charge in [0.25, 0.3) is 5.91 Å². The van der Waals surface area contributed by atoms with Gasteiger partial charge in [-0.3, -0.25) is 4.79 Å². The van der Waals surface area contributed by atoms with Crippen LogP contribution in [0.3, 0.4) is 0 Å². The number of rotatable bonds is 2. The molecule has 1 N–H and O–H groups in total. The van der Waals surface area contributed by atoms with Gasteiger partial charge in [-0.15, -0.1) is 0 Å². The van der Waals surface area contributed by atoms with Crippen LogP contribution in [0.25, 0.3) is 0 Å². The van der Waals surface area contributed by atoms with Crippen LogP contribution in [0.1, 0.15) is 23.2 Å². The van der Waals surface area contributed by atoms with Crippen molar-refractivity contribution in [2.75, 3.05) is 6.54 Å². The minimum atomic E-state index is -1.51. The molecule has 94 valence electrons. The normalized spacial score (nSPS) is 33.1. The number of alkyl halides is 1. The summed E-state index contributed by atoms with van der Waals surface area (Å²) in [7, 11) is 0. The zero-order valence-electron chi connectivity index (χ0n) is 9.60. The fourth-order valence-electron chi connectivity index (χ4n) is 3.00. The maximum absolute atomic E-state index is 14.0. The number of nitrogens with zero attached hydrogens (tertiary/aromatic N) is 1. The number of halogens is 1. The highest BCUT2D eigenvalue weighted by Gasteiger charge is 2.71. The highest BCUT2D eigenvalue weighted by atomic mass is 19.1. The molecule has 5 heteroatoms. The second-order valence-electron chi connectivity index (χ2n) is 5.10. The van der Waals surface area contributed by atoms with Crippen LogP contribution < -0.4 is 0 Å². The summed E-state index contributed by atoms with van der Waals surface area (Å²) in [6.45, 7) is -0.118. The van der Waals surface area contributed by atoms with Crippen LogP contribution in [0.5, 0.6) is 0 Å². The molecule has 2 heterocycles. The van der Waals surface area contributed by atoms with Gasteiger partial charge < -0.3 is 10.0 Å². The van der Waals surface area contributed by atoms with Crippen molar-refractivity contribution in [3.63, 3.8) is 0 Å². The Morgan fingerprint density at radius 2 is 1.83 bits per heavy atom. The van der Waals surface area contributed by atoms with E-state index in [9.17, 15) is 19.1 Å². The Kier molecular flexibility index (Phi) is 2.06. The molecular formula is C13H12FNO3. The van der Waals surface area contributed by atoms with E-state index in [1.165, 1.54) is 4.90 Å². The lowest BCUT2D eigenvalue weighted by Gasteiger charge is -2.39. The first-order valence-corrected chi connectivity index (χ1v) is 5.76. The number of carboxylic acids is 1. The lowest BCUT2D eigenvalue weighted by Crippen LogP contribution is -2.57. The van der Waals surface area contributed by atoms with Crippen LogP contribution in [0.2, 0.25) is 0 Å². The number of aliphatic carboxylic acids is 1. The first-order chi connectivity index (χ1) is 8.47. The Labute approximate surface area is 103 Å². The summed E-state index contributed by atoms with van der Waals surface area (Å²) in [5.74, 6) is -1.52. The van der Waals surface area contributed by atoms with E-state index >= 15 is 0 Å². The summed E-state index contributed by atoms with van der Waals surface area (Å²) in [4.78, 5) is 24.7. The SMILES string of the molecule is O=C(c1ccccc1)N1CC2(F)CC1(C(=O)O)C2. The molecule has 2 bridgehead atoms. The number of hydrogen-bond donors (Lipinski definition) is 1. The van der Waals surface area contributed by atoms with Crippen LogP contribution in [0, 0.1) is 0 Å². The number of hydrogen-bond acceptors (Lipinski definition) is 2. The van der Waals surface area contributed by atoms with Crippen molar-refractivity contribution >= 4 is 11.9 Å². The van der Waals surface area contributed by atoms with Crippen LogP contribution in [0.4, 0.5) is 4.39 Å². The summed E-state index contributed by atoms with van der Waals surface area (Å²) >= 11 is 0. The fourth-order valence-corrected chi connectivity index (χ4v) is 3.00. The van der Waals surface area contributed by atoms with Crippen molar-refractivity contribution in [2.24, 2.45) is 0 Å². The Morgan fingerprint density at radius 3 is 2.39 bits per heavy atom. The summed E-state index contributed by atoms with van der Waals surface area (Å²) in [6, 6.07) is 8.39. The van der Waals surface area contributed by atoms with Gasteiger partial charge >= 0.3 is 5.97 Å². The summed E-state index contributed by atoms with van der Waals surface area (Å²) in [5.41, 5.74) is -2.45. The molecule has 18 heavy (non-hydrogen) atoms. The molecule has 2 aliphatic heterocycles. The fraction of sp³-hybridized carbons (Fsp3) is 0.385. The summed E-state index contributed by atoms with van der Waals surface area (Å²) in [5, 5.41) is 9.23. The first-order valence-electron chi connectivity index (χ1n) is 5.76. The summed E-state index contributed by atoms with van der Waals surface area (Å²) < 4.78 is 14.0. The van der Waals surface area contributed by atoms with E-state index in [2.05, 4.69) is 0 Å². The van der Waals surface area contributed by atoms with Crippen molar-refractivity contribution < 1.29 is 19.1 Å². The van der Waals surface area contributed by atoms with Crippen molar-refractivity contribution in [1.29, 1.82) is 0 Å². The molecule has 0 spiro atoms. The highest BCUT2D eigenvalue weighted by molar-refractivity contribution is 5.99. The number of benzene rings is 1. The minimum absolute atomic E-state index is 0.0894. The molecule has 0 unspecified atom stereocenters. The van der Waals surface area contributed by atoms with Crippen LogP contribution >= 0.6 is 0 Å². The van der Waals surface area contributed by atoms with Crippen molar-refractivity contribution in [1.82, 2.24) is 4.90 Å². The lowest BCUT2D eigenvalue weighted by atomic mass is 9.71. The maximum atomic E-state index is 14.0. The van der Waals surface area contributed by atoms with Crippen molar-refractivity contribution in [2.45, 2.75) is 24.0 Å². The Bertz CT molecular complexity index is 522. The van der Waals surface area contributed by atoms with E-state index < -0.39 is 23.1 Å². The highest BCUT2D eigenvalue weighted by Crippen LogP contribution is 2.56. The van der Waals surface area contributed by atoms with Crippen LogP contribution in [-0.4, -0.2) is 39.6 Å². The zero-order valence-corrected chi connectivity index (χ0v) is 9.60. The Hall–Kier alpha value is -1.91. The van der Waals surface area contributed by atoms with Gasteiger partial charge in [-0.1, -0.05) is 18.2 Å². The molecule has 0 atom stereocenters. The monoisotopic (exact) mass is 249 g/mol. The maximum Gasteiger partial charge on any atom is 0.329 e. The lowest BCUT2D eigenvalue weighted by molar-refractivity contribution is -0.154. The van der Waals surface area contributed by atoms with Gasteiger partial charge in [-0.25, -0.2) is 9.18 Å². The number of carboxylic acid groups (broad SMARTS) is 1. The van der Waals surface area contributed by atoms with Gasteiger partial charge in [0.15, 0.2) is 0 Å². The first kappa shape index (κ1) is 11.2. The van der Waals surface area contributed by atoms with E-state index in [0.717, 1.165) is 0 Å². The summed E-state index contributed by atoms with van der Waals surface area (Å²) in [6.07, 6.45) is -0.179. The smallest absolute Gasteiger partial charge is 0.329 e. The van der Waals surface area contributed by atoms with Gasteiger partial charge in [0.1, 0.15) is 11.2 Å². The minimum Gasteiger partial charge on any atom is -0.479 e. The molecular weight excluding hydrogens is 237 g/mol. The molecule has 1 aromatic rings. The topological polar surface area (TPSA) is 57.6 Å². The molecule has 0 radical (unpaired) electrons. The van der Waals surface area contributed by atoms with Crippen molar-refractivity contribution in [3.05, 3.63) is 35.9 Å². The third-order valence-corrected chi connectivity index (χ3v) is 3.84. The molecule has 4 nitrogen and oxygen atoms in total. The average Bonchev–Trinajstić information content (AvgIpc) is 2.79. The molecule has 1 aromatic carbocycles. The molecule has 1 saturated carbocycles. The molecule has 3 fully saturated rings. The van der Waals surface area contributed by atoms with E-state index in [-0.39, 0.29) is 19.4 Å². The number of fused-ring (bicyclic) bond motifs is 1. The standard InChI is InChI=1S/C13H12FNO3/c14-12-6-13(7-12,11(17)18)15(8-12)10(16)9-4-2-1-3-5-9/h1-5H,6-8H2,(H,17,18). The second-order valence-corrected chi connectivity index (χ2v) is 5.10. The van der Waals surface area contributed by atoms with Gasteiger partial charge in [0.05, 0.1) is 6.54 Å². The zero-order chi connectivity index (χ0) is 13.0. The molecule has 4 rings (SSSR count). The van der Waals surface area contributed by atoms with Crippen LogP contribution in [-0.2, 0) is 4.79 Å². The largest absolute Gasteiger partial charge is 0.479 e. The molecule has 1 amide bonds. The molecule has 2 saturated heterocycles. The molecule has 1 aliphatic carbocycles. The van der Waals surface area contributed by atoms with Crippen molar-refractivity contribution in [3.8, 4) is 0 Å². The third-order valence-electron chi connectivity index (χ3n) is 3.84. The predicted octanol–water partition coefficient (Wildman–Crippen LogP) is 1.47. The quantitative estimate of drug-likeness (QED) is 0.863. The Balaban J connectivity index is 1.94. The van der Waals surface area contributed by atoms with Gasteiger partial charge in [0, 0.05) is 18.4 Å². The van der Waals surface area contributed by atoms with Crippen LogP contribution in [0.15, 0.2) is 30.3 Å². The second kappa shape index (κ2) is 3.31. The van der Waals surface area contributed by atoms with E-state index in [4.69, 9.17) is 0 Å². The van der Waals surface area contributed by atoms with Gasteiger partial charge in [-0.05, 0) is 12.1 Å². The number of carbonyl (C=O) groups excluding carboxylic acids is 1. The van der Waals surface area contributed by atoms with E-state index in [1.54, 1.807) is 30.3 Å². The van der Waals surface area contributed by atoms with Gasteiger partial charge in [-0.2, -0.15) is 0 Å². The average molecular weight is 249 g/mol. The Morgan fingerprint density at radius 1 is 1.22 bits per heavy atom.